The van der Waals surface area contributed by atoms with Crippen LogP contribution in [0.25, 0.3) is 5.69 Å². The summed E-state index contributed by atoms with van der Waals surface area (Å²) in [5.41, 5.74) is 5.76. The molecule has 0 saturated carbocycles. The minimum absolute atomic E-state index is 0.0798. The Labute approximate surface area is 167 Å². The number of carbonyl (C=O) groups is 2. The molecule has 0 fully saturated rings. The number of nitrogens with one attached hydrogen (secondary N) is 1. The smallest absolute Gasteiger partial charge is 0.318 e. The Morgan fingerprint density at radius 2 is 1.79 bits per heavy atom. The lowest BCUT2D eigenvalue weighted by Crippen LogP contribution is -2.42. The maximum atomic E-state index is 13.4. The third kappa shape index (κ3) is 5.08. The number of halogens is 1. The molecule has 152 valence electrons. The van der Waals surface area contributed by atoms with Crippen molar-refractivity contribution in [2.24, 2.45) is 11.7 Å². The van der Waals surface area contributed by atoms with Crippen molar-refractivity contribution >= 4 is 23.7 Å². The Morgan fingerprint density at radius 3 is 2.29 bits per heavy atom. The summed E-state index contributed by atoms with van der Waals surface area (Å²) in [5, 5.41) is 10.5. The molecule has 1 aromatic carbocycles. The minimum Gasteiger partial charge on any atom is -0.351 e. The second-order valence-corrected chi connectivity index (χ2v) is 8.04. The molecule has 8 nitrogen and oxygen atoms in total. The number of primary amides is 1. The second kappa shape index (κ2) is 9.16. The van der Waals surface area contributed by atoms with E-state index in [9.17, 15) is 14.0 Å². The first-order valence-corrected chi connectivity index (χ1v) is 9.64. The van der Waals surface area contributed by atoms with E-state index in [0.29, 0.717) is 16.7 Å². The van der Waals surface area contributed by atoms with Crippen LogP contribution in [0.5, 0.6) is 0 Å². The minimum atomic E-state index is -0.904. The molecule has 0 radical (unpaired) electrons. The maximum absolute atomic E-state index is 13.4. The van der Waals surface area contributed by atoms with Gasteiger partial charge in [0, 0.05) is 5.69 Å². The summed E-state index contributed by atoms with van der Waals surface area (Å²) in [6, 6.07) is 4.98. The Morgan fingerprint density at radius 1 is 1.18 bits per heavy atom. The molecular weight excluding hydrogens is 383 g/mol. The second-order valence-electron chi connectivity index (χ2n) is 6.93. The summed E-state index contributed by atoms with van der Waals surface area (Å²) in [4.78, 5) is 25.4. The van der Waals surface area contributed by atoms with Crippen LogP contribution >= 0.6 is 11.8 Å². The number of hydrogen-bond donors (Lipinski definition) is 2. The van der Waals surface area contributed by atoms with Crippen LogP contribution in [-0.2, 0) is 4.79 Å². The van der Waals surface area contributed by atoms with Crippen LogP contribution in [0.1, 0.15) is 32.6 Å². The Hall–Kier alpha value is -2.46. The van der Waals surface area contributed by atoms with Crippen molar-refractivity contribution in [3.8, 4) is 5.69 Å². The van der Waals surface area contributed by atoms with Gasteiger partial charge in [-0.15, -0.1) is 10.2 Å². The van der Waals surface area contributed by atoms with Crippen molar-refractivity contribution in [1.82, 2.24) is 25.0 Å². The van der Waals surface area contributed by atoms with Crippen LogP contribution in [0.3, 0.4) is 0 Å². The van der Waals surface area contributed by atoms with Crippen molar-refractivity contribution in [2.45, 2.75) is 37.2 Å². The van der Waals surface area contributed by atoms with Gasteiger partial charge in [-0.2, -0.15) is 0 Å². The van der Waals surface area contributed by atoms with E-state index in [1.165, 1.54) is 23.9 Å². The van der Waals surface area contributed by atoms with Gasteiger partial charge in [-0.1, -0.05) is 25.6 Å². The summed E-state index contributed by atoms with van der Waals surface area (Å²) in [7, 11) is 3.83. The highest BCUT2D eigenvalue weighted by Crippen LogP contribution is 2.32. The van der Waals surface area contributed by atoms with Gasteiger partial charge in [0.15, 0.2) is 11.0 Å². The third-order valence-electron chi connectivity index (χ3n) is 4.23. The molecule has 1 aromatic heterocycles. The number of rotatable bonds is 7. The van der Waals surface area contributed by atoms with Crippen molar-refractivity contribution in [1.29, 1.82) is 0 Å². The van der Waals surface area contributed by atoms with Crippen LogP contribution in [0.2, 0.25) is 0 Å². The summed E-state index contributed by atoms with van der Waals surface area (Å²) >= 11 is 1.18. The molecule has 2 rings (SSSR count). The average Bonchev–Trinajstić information content (AvgIpc) is 3.02. The number of imide groups is 1. The Kier molecular flexibility index (Phi) is 7.14. The molecule has 28 heavy (non-hydrogen) atoms. The normalized spacial score (nSPS) is 13.6. The topological polar surface area (TPSA) is 106 Å². The lowest BCUT2D eigenvalue weighted by molar-refractivity contribution is -0.120. The number of benzene rings is 1. The maximum Gasteiger partial charge on any atom is 0.318 e. The first-order chi connectivity index (χ1) is 13.1. The van der Waals surface area contributed by atoms with Crippen molar-refractivity contribution in [3.05, 3.63) is 35.9 Å². The zero-order valence-corrected chi connectivity index (χ0v) is 17.3. The van der Waals surface area contributed by atoms with E-state index in [2.05, 4.69) is 15.5 Å². The molecule has 0 bridgehead atoms. The number of urea groups is 1. The first-order valence-electron chi connectivity index (χ1n) is 8.76. The zero-order valence-electron chi connectivity index (χ0n) is 16.5. The van der Waals surface area contributed by atoms with E-state index in [4.69, 9.17) is 5.73 Å². The SMILES string of the molecule is CC(C)[C@H](Sc1nnc([C@@H](C)N(C)C)n1-c1ccc(F)cc1)C(=O)NC(N)=O. The molecule has 3 N–H and O–H groups in total. The number of nitrogens with zero attached hydrogens (tertiary/aromatic N) is 4. The molecule has 2 atom stereocenters. The molecule has 2 aromatic rings. The number of thioether (sulfide) groups is 1. The van der Waals surface area contributed by atoms with Crippen molar-refractivity contribution in [3.63, 3.8) is 0 Å². The Bertz CT molecular complexity index is 837. The van der Waals surface area contributed by atoms with Crippen molar-refractivity contribution < 1.29 is 14.0 Å². The van der Waals surface area contributed by atoms with Gasteiger partial charge in [0.25, 0.3) is 0 Å². The number of amides is 3. The number of nitrogens with two attached hydrogens (primary N) is 1. The van der Waals surface area contributed by atoms with Gasteiger partial charge in [0.1, 0.15) is 5.82 Å². The summed E-state index contributed by atoms with van der Waals surface area (Å²) < 4.78 is 15.2. The van der Waals surface area contributed by atoms with Crippen molar-refractivity contribution in [2.75, 3.05) is 14.1 Å². The molecule has 1 heterocycles. The molecule has 0 unspecified atom stereocenters. The van der Waals surface area contributed by atoms with E-state index in [-0.39, 0.29) is 17.8 Å². The van der Waals surface area contributed by atoms with Gasteiger partial charge >= 0.3 is 6.03 Å². The fourth-order valence-electron chi connectivity index (χ4n) is 2.49. The first kappa shape index (κ1) is 21.8. The van der Waals surface area contributed by atoms with Crippen LogP contribution < -0.4 is 11.1 Å². The predicted molar refractivity (Wildman–Crippen MR) is 106 cm³/mol. The fourth-order valence-corrected chi connectivity index (χ4v) is 3.55. The number of hydrogen-bond acceptors (Lipinski definition) is 6. The van der Waals surface area contributed by atoms with E-state index in [1.54, 1.807) is 16.7 Å². The summed E-state index contributed by atoms with van der Waals surface area (Å²) in [6.45, 7) is 5.69. The molecule has 0 saturated heterocycles. The van der Waals surface area contributed by atoms with Crippen LogP contribution in [0.15, 0.2) is 29.4 Å². The molecule has 10 heteroatoms. The van der Waals surface area contributed by atoms with Gasteiger partial charge in [-0.05, 0) is 51.2 Å². The van der Waals surface area contributed by atoms with Gasteiger partial charge in [-0.3, -0.25) is 19.6 Å². The molecule has 3 amide bonds. The van der Waals surface area contributed by atoms with E-state index in [1.807, 2.05) is 39.8 Å². The third-order valence-corrected chi connectivity index (χ3v) is 5.72. The van der Waals surface area contributed by atoms with E-state index >= 15 is 0 Å². The summed E-state index contributed by atoms with van der Waals surface area (Å²) in [5.74, 6) is -0.299. The lowest BCUT2D eigenvalue weighted by Gasteiger charge is -2.22. The zero-order chi connectivity index (χ0) is 21.0. The monoisotopic (exact) mass is 408 g/mol. The fraction of sp³-hybridized carbons (Fsp3) is 0.444. The molecule has 0 aliphatic heterocycles. The molecule has 0 spiro atoms. The molecular formula is C18H25FN6O2S. The van der Waals surface area contributed by atoms with E-state index < -0.39 is 17.2 Å². The highest BCUT2D eigenvalue weighted by molar-refractivity contribution is 8.00. The van der Waals surface area contributed by atoms with Crippen LogP contribution in [0.4, 0.5) is 9.18 Å². The standard InChI is InChI=1S/C18H25FN6O2S/c1-10(2)14(16(26)21-17(20)27)28-18-23-22-15(11(3)24(4)5)25(18)13-8-6-12(19)7-9-13/h6-11,14H,1-5H3,(H3,20,21,26,27)/t11-,14+/m1/s1. The molecule has 0 aliphatic carbocycles. The van der Waals surface area contributed by atoms with Crippen LogP contribution in [0, 0.1) is 11.7 Å². The number of carbonyl (C=O) groups excluding carboxylic acids is 2. The predicted octanol–water partition coefficient (Wildman–Crippen LogP) is 2.34. The largest absolute Gasteiger partial charge is 0.351 e. The lowest BCUT2D eigenvalue weighted by atomic mass is 10.1. The summed E-state index contributed by atoms with van der Waals surface area (Å²) in [6.07, 6.45) is 0. The van der Waals surface area contributed by atoms with E-state index in [0.717, 1.165) is 0 Å². The van der Waals surface area contributed by atoms with Gasteiger partial charge in [-0.25, -0.2) is 9.18 Å². The highest BCUT2D eigenvalue weighted by atomic mass is 32.2. The van der Waals surface area contributed by atoms with Gasteiger partial charge in [0.05, 0.1) is 11.3 Å². The molecule has 0 aliphatic rings. The van der Waals surface area contributed by atoms with Crippen LogP contribution in [-0.4, -0.2) is 50.9 Å². The number of aromatic nitrogens is 3. The quantitative estimate of drug-likeness (QED) is 0.681. The Balaban J connectivity index is 2.49. The average molecular weight is 409 g/mol. The highest BCUT2D eigenvalue weighted by Gasteiger charge is 2.29. The van der Waals surface area contributed by atoms with Gasteiger partial charge < -0.3 is 5.73 Å². The van der Waals surface area contributed by atoms with Gasteiger partial charge in [0.2, 0.25) is 5.91 Å².